The van der Waals surface area contributed by atoms with Gasteiger partial charge in [0.25, 0.3) is 0 Å². The van der Waals surface area contributed by atoms with Crippen LogP contribution in [0.15, 0.2) is 12.1 Å². The SMILES string of the molecule is Cc1cc(F)c(C(C)NC2CCCC2C#N)cc1F. The van der Waals surface area contributed by atoms with E-state index in [1.165, 1.54) is 12.1 Å². The number of aryl methyl sites for hydroxylation is 1. The highest BCUT2D eigenvalue weighted by Gasteiger charge is 2.28. The van der Waals surface area contributed by atoms with Gasteiger partial charge in [0.1, 0.15) is 11.6 Å². The Kier molecular flexibility index (Phi) is 4.16. The molecule has 1 aliphatic rings. The van der Waals surface area contributed by atoms with Crippen LogP contribution >= 0.6 is 0 Å². The van der Waals surface area contributed by atoms with Crippen molar-refractivity contribution in [2.75, 3.05) is 0 Å². The highest BCUT2D eigenvalue weighted by Crippen LogP contribution is 2.28. The minimum atomic E-state index is -0.398. The lowest BCUT2D eigenvalue weighted by molar-refractivity contribution is 0.407. The highest BCUT2D eigenvalue weighted by molar-refractivity contribution is 5.27. The van der Waals surface area contributed by atoms with Crippen molar-refractivity contribution in [2.24, 2.45) is 5.92 Å². The van der Waals surface area contributed by atoms with Crippen molar-refractivity contribution in [1.82, 2.24) is 5.32 Å². The molecule has 1 N–H and O–H groups in total. The van der Waals surface area contributed by atoms with E-state index in [0.717, 1.165) is 19.3 Å². The molecule has 0 radical (unpaired) electrons. The summed E-state index contributed by atoms with van der Waals surface area (Å²) in [6.45, 7) is 3.35. The maximum absolute atomic E-state index is 13.9. The Morgan fingerprint density at radius 2 is 2.05 bits per heavy atom. The summed E-state index contributed by atoms with van der Waals surface area (Å²) in [6.07, 6.45) is 2.80. The van der Waals surface area contributed by atoms with Crippen molar-refractivity contribution >= 4 is 0 Å². The number of nitrogens with zero attached hydrogens (tertiary/aromatic N) is 1. The van der Waals surface area contributed by atoms with Gasteiger partial charge in [0.15, 0.2) is 0 Å². The Hall–Kier alpha value is -1.47. The van der Waals surface area contributed by atoms with Crippen molar-refractivity contribution in [3.63, 3.8) is 0 Å². The second kappa shape index (κ2) is 5.66. The quantitative estimate of drug-likeness (QED) is 0.905. The number of nitriles is 1. The maximum Gasteiger partial charge on any atom is 0.128 e. The molecule has 19 heavy (non-hydrogen) atoms. The predicted octanol–water partition coefficient (Wildman–Crippen LogP) is 3.62. The summed E-state index contributed by atoms with van der Waals surface area (Å²) in [5.74, 6) is -0.820. The van der Waals surface area contributed by atoms with Crippen molar-refractivity contribution in [2.45, 2.75) is 45.2 Å². The second-order valence-electron chi connectivity index (χ2n) is 5.28. The van der Waals surface area contributed by atoms with Crippen molar-refractivity contribution in [1.29, 1.82) is 5.26 Å². The first kappa shape index (κ1) is 14.0. The van der Waals surface area contributed by atoms with E-state index < -0.39 is 11.6 Å². The molecule has 0 aromatic heterocycles. The van der Waals surface area contributed by atoms with Crippen LogP contribution in [0.5, 0.6) is 0 Å². The molecule has 1 aromatic carbocycles. The van der Waals surface area contributed by atoms with Crippen LogP contribution in [0.3, 0.4) is 0 Å². The van der Waals surface area contributed by atoms with Gasteiger partial charge in [0.05, 0.1) is 12.0 Å². The zero-order valence-electron chi connectivity index (χ0n) is 11.2. The molecule has 0 spiro atoms. The molecule has 1 aliphatic carbocycles. The third-order valence-electron chi connectivity index (χ3n) is 3.89. The molecule has 0 saturated heterocycles. The van der Waals surface area contributed by atoms with Gasteiger partial charge in [0, 0.05) is 17.6 Å². The van der Waals surface area contributed by atoms with Gasteiger partial charge in [-0.3, -0.25) is 0 Å². The summed E-state index contributed by atoms with van der Waals surface area (Å²) in [6, 6.07) is 4.52. The number of rotatable bonds is 3. The summed E-state index contributed by atoms with van der Waals surface area (Å²) < 4.78 is 27.4. The van der Waals surface area contributed by atoms with E-state index in [-0.39, 0.29) is 18.0 Å². The molecule has 0 amide bonds. The van der Waals surface area contributed by atoms with Gasteiger partial charge in [-0.2, -0.15) is 5.26 Å². The molecule has 1 aromatic rings. The molecule has 2 nitrogen and oxygen atoms in total. The third-order valence-corrected chi connectivity index (χ3v) is 3.89. The van der Waals surface area contributed by atoms with Crippen LogP contribution in [-0.2, 0) is 0 Å². The average molecular weight is 264 g/mol. The van der Waals surface area contributed by atoms with E-state index in [2.05, 4.69) is 11.4 Å². The molecule has 1 saturated carbocycles. The van der Waals surface area contributed by atoms with Crippen LogP contribution in [0.25, 0.3) is 0 Å². The minimum absolute atomic E-state index is 0.0270. The van der Waals surface area contributed by atoms with E-state index in [4.69, 9.17) is 5.26 Å². The molecule has 0 heterocycles. The summed E-state index contributed by atoms with van der Waals surface area (Å²) in [5, 5.41) is 12.3. The Labute approximate surface area is 112 Å². The van der Waals surface area contributed by atoms with Crippen LogP contribution in [0.1, 0.15) is 43.4 Å². The lowest BCUT2D eigenvalue weighted by Gasteiger charge is -2.22. The molecule has 3 unspecified atom stereocenters. The first-order valence-electron chi connectivity index (χ1n) is 6.64. The molecule has 2 rings (SSSR count). The van der Waals surface area contributed by atoms with Crippen LogP contribution < -0.4 is 5.32 Å². The Bertz CT molecular complexity index is 508. The van der Waals surface area contributed by atoms with Crippen LogP contribution in [-0.4, -0.2) is 6.04 Å². The van der Waals surface area contributed by atoms with Crippen molar-refractivity contribution in [3.8, 4) is 6.07 Å². The zero-order chi connectivity index (χ0) is 14.0. The lowest BCUT2D eigenvalue weighted by Crippen LogP contribution is -2.34. The Morgan fingerprint density at radius 1 is 1.32 bits per heavy atom. The van der Waals surface area contributed by atoms with Crippen LogP contribution in [0, 0.1) is 35.8 Å². The standard InChI is InChI=1S/C15H18F2N2/c1-9-6-14(17)12(7-13(9)16)10(2)19-15-5-3-4-11(15)8-18/h6-7,10-11,15,19H,3-5H2,1-2H3. The number of hydrogen-bond donors (Lipinski definition) is 1. The lowest BCUT2D eigenvalue weighted by atomic mass is 10.0. The summed E-state index contributed by atoms with van der Waals surface area (Å²) >= 11 is 0. The van der Waals surface area contributed by atoms with Gasteiger partial charge in [-0.05, 0) is 44.4 Å². The Balaban J connectivity index is 2.14. The van der Waals surface area contributed by atoms with E-state index in [9.17, 15) is 8.78 Å². The fraction of sp³-hybridized carbons (Fsp3) is 0.533. The van der Waals surface area contributed by atoms with Crippen molar-refractivity contribution < 1.29 is 8.78 Å². The molecule has 4 heteroatoms. The van der Waals surface area contributed by atoms with E-state index >= 15 is 0 Å². The minimum Gasteiger partial charge on any atom is -0.306 e. The van der Waals surface area contributed by atoms with Gasteiger partial charge in [-0.15, -0.1) is 0 Å². The fourth-order valence-electron chi connectivity index (χ4n) is 2.72. The molecule has 1 fully saturated rings. The monoisotopic (exact) mass is 264 g/mol. The van der Waals surface area contributed by atoms with Crippen LogP contribution in [0.4, 0.5) is 8.78 Å². The summed E-state index contributed by atoms with van der Waals surface area (Å²) in [5.41, 5.74) is 0.635. The van der Waals surface area contributed by atoms with Crippen molar-refractivity contribution in [3.05, 3.63) is 34.9 Å². The molecule has 0 bridgehead atoms. The highest BCUT2D eigenvalue weighted by atomic mass is 19.1. The fourth-order valence-corrected chi connectivity index (χ4v) is 2.72. The normalized spacial score (nSPS) is 24.2. The number of nitrogens with one attached hydrogen (secondary N) is 1. The number of halogens is 2. The molecular formula is C15H18F2N2. The average Bonchev–Trinajstić information content (AvgIpc) is 2.80. The number of benzene rings is 1. The van der Waals surface area contributed by atoms with Gasteiger partial charge in [0.2, 0.25) is 0 Å². The van der Waals surface area contributed by atoms with Gasteiger partial charge in [-0.25, -0.2) is 8.78 Å². The molecule has 0 aliphatic heterocycles. The topological polar surface area (TPSA) is 35.8 Å². The van der Waals surface area contributed by atoms with E-state index in [0.29, 0.717) is 11.1 Å². The number of hydrogen-bond acceptors (Lipinski definition) is 2. The smallest absolute Gasteiger partial charge is 0.128 e. The Morgan fingerprint density at radius 3 is 2.74 bits per heavy atom. The molecular weight excluding hydrogens is 246 g/mol. The molecule has 102 valence electrons. The van der Waals surface area contributed by atoms with E-state index in [1.807, 2.05) is 0 Å². The van der Waals surface area contributed by atoms with Gasteiger partial charge >= 0.3 is 0 Å². The van der Waals surface area contributed by atoms with Gasteiger partial charge < -0.3 is 5.32 Å². The predicted molar refractivity (Wildman–Crippen MR) is 69.4 cm³/mol. The molecule has 3 atom stereocenters. The largest absolute Gasteiger partial charge is 0.306 e. The third kappa shape index (κ3) is 2.93. The van der Waals surface area contributed by atoms with Crippen LogP contribution in [0.2, 0.25) is 0 Å². The maximum atomic E-state index is 13.9. The summed E-state index contributed by atoms with van der Waals surface area (Å²) in [4.78, 5) is 0. The second-order valence-corrected chi connectivity index (χ2v) is 5.28. The van der Waals surface area contributed by atoms with E-state index in [1.54, 1.807) is 13.8 Å². The zero-order valence-corrected chi connectivity index (χ0v) is 11.2. The first-order valence-corrected chi connectivity index (χ1v) is 6.64. The summed E-state index contributed by atoms with van der Waals surface area (Å²) in [7, 11) is 0. The first-order chi connectivity index (χ1) is 9.02. The van der Waals surface area contributed by atoms with Gasteiger partial charge in [-0.1, -0.05) is 6.42 Å².